The largest absolute Gasteiger partial charge is 0.495 e. The van der Waals surface area contributed by atoms with Crippen LogP contribution in [0.1, 0.15) is 30.1 Å². The minimum absolute atomic E-state index is 0.274. The summed E-state index contributed by atoms with van der Waals surface area (Å²) in [6.45, 7) is 2.93. The van der Waals surface area contributed by atoms with Gasteiger partial charge in [0.1, 0.15) is 17.3 Å². The Kier molecular flexibility index (Phi) is 6.89. The maximum absolute atomic E-state index is 12.6. The van der Waals surface area contributed by atoms with E-state index in [0.29, 0.717) is 33.6 Å². The first-order chi connectivity index (χ1) is 12.1. The second-order valence-electron chi connectivity index (χ2n) is 5.35. The first-order valence-corrected chi connectivity index (χ1v) is 8.39. The third kappa shape index (κ3) is 5.00. The number of aromatic nitrogens is 1. The zero-order valence-corrected chi connectivity index (χ0v) is 15.3. The zero-order chi connectivity index (χ0) is 18.2. The molecule has 0 fully saturated rings. The third-order valence-corrected chi connectivity index (χ3v) is 3.88. The average Bonchev–Trinajstić information content (AvgIpc) is 2.63. The van der Waals surface area contributed by atoms with Gasteiger partial charge in [0.05, 0.1) is 24.9 Å². The average molecular weight is 364 g/mol. The van der Waals surface area contributed by atoms with Gasteiger partial charge in [-0.2, -0.15) is 0 Å². The highest BCUT2D eigenvalue weighted by Gasteiger charge is 2.14. The van der Waals surface area contributed by atoms with E-state index >= 15 is 0 Å². The highest BCUT2D eigenvalue weighted by atomic mass is 35.5. The number of carbonyl (C=O) groups excluding carboxylic acids is 1. The Morgan fingerprint density at radius 2 is 1.96 bits per heavy atom. The number of benzene rings is 1. The van der Waals surface area contributed by atoms with Gasteiger partial charge in [0.2, 0.25) is 0 Å². The molecule has 25 heavy (non-hydrogen) atoms. The van der Waals surface area contributed by atoms with Crippen LogP contribution in [0.3, 0.4) is 0 Å². The summed E-state index contributed by atoms with van der Waals surface area (Å²) in [6, 6.07) is 6.59. The van der Waals surface area contributed by atoms with Crippen LogP contribution in [0.5, 0.6) is 11.5 Å². The molecular weight excluding hydrogens is 342 g/mol. The van der Waals surface area contributed by atoms with Crippen molar-refractivity contribution >= 4 is 29.0 Å². The zero-order valence-electron chi connectivity index (χ0n) is 14.6. The number of ether oxygens (including phenoxy) is 2. The lowest BCUT2D eigenvalue weighted by Gasteiger charge is -2.13. The molecule has 0 spiro atoms. The number of nitrogens with zero attached hydrogens (tertiary/aromatic N) is 1. The van der Waals surface area contributed by atoms with Gasteiger partial charge in [0, 0.05) is 30.4 Å². The van der Waals surface area contributed by atoms with E-state index in [2.05, 4.69) is 22.5 Å². The molecule has 0 aliphatic carbocycles. The number of halogens is 1. The lowest BCUT2D eigenvalue weighted by Crippen LogP contribution is -2.14. The number of hydrogen-bond acceptors (Lipinski definition) is 5. The molecule has 2 aromatic rings. The molecule has 134 valence electrons. The molecule has 0 saturated heterocycles. The maximum Gasteiger partial charge on any atom is 0.255 e. The van der Waals surface area contributed by atoms with Gasteiger partial charge in [0.25, 0.3) is 5.91 Å². The molecular formula is C18H22ClN3O3. The van der Waals surface area contributed by atoms with Gasteiger partial charge < -0.3 is 20.1 Å². The molecule has 0 saturated carbocycles. The lowest BCUT2D eigenvalue weighted by atomic mass is 10.2. The van der Waals surface area contributed by atoms with Crippen LogP contribution in [0.4, 0.5) is 11.5 Å². The maximum atomic E-state index is 12.6. The van der Waals surface area contributed by atoms with Gasteiger partial charge in [-0.1, -0.05) is 24.9 Å². The Labute approximate surface area is 152 Å². The summed E-state index contributed by atoms with van der Waals surface area (Å²) < 4.78 is 10.5. The Bertz CT molecular complexity index is 738. The molecule has 1 heterocycles. The van der Waals surface area contributed by atoms with Crippen molar-refractivity contribution in [3.63, 3.8) is 0 Å². The second kappa shape index (κ2) is 9.13. The number of anilines is 2. The van der Waals surface area contributed by atoms with Crippen molar-refractivity contribution in [1.29, 1.82) is 0 Å². The number of hydrogen-bond donors (Lipinski definition) is 2. The van der Waals surface area contributed by atoms with Crippen LogP contribution in [-0.2, 0) is 0 Å². The summed E-state index contributed by atoms with van der Waals surface area (Å²) >= 11 is 6.08. The number of amides is 1. The molecule has 0 bridgehead atoms. The van der Waals surface area contributed by atoms with Crippen LogP contribution in [-0.4, -0.2) is 31.7 Å². The van der Waals surface area contributed by atoms with Crippen molar-refractivity contribution in [3.05, 3.63) is 41.0 Å². The summed E-state index contributed by atoms with van der Waals surface area (Å²) in [4.78, 5) is 16.8. The van der Waals surface area contributed by atoms with Crippen LogP contribution < -0.4 is 20.1 Å². The molecule has 6 nitrogen and oxygen atoms in total. The van der Waals surface area contributed by atoms with Crippen LogP contribution >= 0.6 is 11.6 Å². The molecule has 7 heteroatoms. The summed E-state index contributed by atoms with van der Waals surface area (Å²) in [6.07, 6.45) is 3.73. The van der Waals surface area contributed by atoms with E-state index in [0.717, 1.165) is 19.4 Å². The minimum Gasteiger partial charge on any atom is -0.495 e. The molecule has 1 aromatic carbocycles. The monoisotopic (exact) mass is 363 g/mol. The van der Waals surface area contributed by atoms with Crippen molar-refractivity contribution in [3.8, 4) is 11.5 Å². The van der Waals surface area contributed by atoms with Crippen LogP contribution in [0.15, 0.2) is 30.5 Å². The first kappa shape index (κ1) is 18.9. The van der Waals surface area contributed by atoms with E-state index < -0.39 is 0 Å². The molecule has 0 atom stereocenters. The third-order valence-electron chi connectivity index (χ3n) is 3.58. The standard InChI is InChI=1S/C18H22ClN3O3/c1-4-5-7-20-17-9-12(6-8-21-17)18(23)22-14-11-15(24-2)13(19)10-16(14)25-3/h6,8-11H,4-5,7H2,1-3H3,(H,20,21)(H,22,23). The second-order valence-corrected chi connectivity index (χ2v) is 5.76. The number of carbonyl (C=O) groups is 1. The van der Waals surface area contributed by atoms with Crippen molar-refractivity contribution in [2.45, 2.75) is 19.8 Å². The van der Waals surface area contributed by atoms with Crippen molar-refractivity contribution in [2.24, 2.45) is 0 Å². The number of unbranched alkanes of at least 4 members (excludes halogenated alkanes) is 1. The first-order valence-electron chi connectivity index (χ1n) is 8.01. The topological polar surface area (TPSA) is 72.5 Å². The Morgan fingerprint density at radius 3 is 2.64 bits per heavy atom. The van der Waals surface area contributed by atoms with Crippen molar-refractivity contribution < 1.29 is 14.3 Å². The number of nitrogens with one attached hydrogen (secondary N) is 2. The molecule has 0 aliphatic rings. The molecule has 2 rings (SSSR count). The molecule has 0 radical (unpaired) electrons. The van der Waals surface area contributed by atoms with E-state index in [1.165, 1.54) is 14.2 Å². The van der Waals surface area contributed by atoms with E-state index in [1.807, 2.05) is 0 Å². The van der Waals surface area contributed by atoms with Crippen molar-refractivity contribution in [2.75, 3.05) is 31.4 Å². The SMILES string of the molecule is CCCCNc1cc(C(=O)Nc2cc(OC)c(Cl)cc2OC)ccn1. The van der Waals surface area contributed by atoms with E-state index in [4.69, 9.17) is 21.1 Å². The Hall–Kier alpha value is -2.47. The highest BCUT2D eigenvalue weighted by Crippen LogP contribution is 2.36. The normalized spacial score (nSPS) is 10.2. The van der Waals surface area contributed by atoms with Gasteiger partial charge in [-0.15, -0.1) is 0 Å². The summed E-state index contributed by atoms with van der Waals surface area (Å²) in [5.41, 5.74) is 0.969. The molecule has 2 N–H and O–H groups in total. The van der Waals surface area contributed by atoms with Crippen LogP contribution in [0.25, 0.3) is 0 Å². The van der Waals surface area contributed by atoms with Crippen molar-refractivity contribution in [1.82, 2.24) is 4.98 Å². The number of methoxy groups -OCH3 is 2. The van der Waals surface area contributed by atoms with Crippen LogP contribution in [0.2, 0.25) is 5.02 Å². The van der Waals surface area contributed by atoms with E-state index in [9.17, 15) is 4.79 Å². The fourth-order valence-corrected chi connectivity index (χ4v) is 2.45. The summed E-state index contributed by atoms with van der Waals surface area (Å²) in [7, 11) is 3.02. The van der Waals surface area contributed by atoms with Gasteiger partial charge in [-0.05, 0) is 18.6 Å². The molecule has 0 aliphatic heterocycles. The lowest BCUT2D eigenvalue weighted by molar-refractivity contribution is 0.102. The quantitative estimate of drug-likeness (QED) is 0.687. The van der Waals surface area contributed by atoms with Crippen LogP contribution in [0, 0.1) is 0 Å². The van der Waals surface area contributed by atoms with Gasteiger partial charge in [-0.3, -0.25) is 4.79 Å². The van der Waals surface area contributed by atoms with E-state index in [1.54, 1.807) is 30.5 Å². The summed E-state index contributed by atoms with van der Waals surface area (Å²) in [5.74, 6) is 1.30. The predicted molar refractivity (Wildman–Crippen MR) is 100 cm³/mol. The van der Waals surface area contributed by atoms with Gasteiger partial charge in [0.15, 0.2) is 0 Å². The highest BCUT2D eigenvalue weighted by molar-refractivity contribution is 6.32. The Balaban J connectivity index is 2.18. The number of rotatable bonds is 8. The smallest absolute Gasteiger partial charge is 0.255 e. The molecule has 1 aromatic heterocycles. The predicted octanol–water partition coefficient (Wildman–Crippen LogP) is 4.22. The summed E-state index contributed by atoms with van der Waals surface area (Å²) in [5, 5.41) is 6.42. The fraction of sp³-hybridized carbons (Fsp3) is 0.333. The number of pyridine rings is 1. The van der Waals surface area contributed by atoms with E-state index in [-0.39, 0.29) is 5.91 Å². The van der Waals surface area contributed by atoms with Gasteiger partial charge in [-0.25, -0.2) is 4.98 Å². The fourth-order valence-electron chi connectivity index (χ4n) is 2.21. The molecule has 0 unspecified atom stereocenters. The van der Waals surface area contributed by atoms with Gasteiger partial charge >= 0.3 is 0 Å². The Morgan fingerprint density at radius 1 is 1.20 bits per heavy atom. The molecule has 1 amide bonds. The minimum atomic E-state index is -0.274.